The van der Waals surface area contributed by atoms with Crippen molar-refractivity contribution in [3.05, 3.63) is 50.8 Å². The van der Waals surface area contributed by atoms with Crippen LogP contribution < -0.4 is 5.56 Å². The summed E-state index contributed by atoms with van der Waals surface area (Å²) < 4.78 is 0. The number of carbonyl (C=O) groups is 1. The molecule has 4 nitrogen and oxygen atoms in total. The van der Waals surface area contributed by atoms with E-state index in [1.807, 2.05) is 6.07 Å². The van der Waals surface area contributed by atoms with Gasteiger partial charge in [0, 0.05) is 9.92 Å². The largest absolute Gasteiger partial charge is 0.320 e. The van der Waals surface area contributed by atoms with Gasteiger partial charge in [-0.25, -0.2) is 0 Å². The molecule has 2 aromatic rings. The Balaban J connectivity index is 2.81. The fraction of sp³-hybridized carbons (Fsp3) is 0.0714. The first-order valence-corrected chi connectivity index (χ1v) is 7.18. The summed E-state index contributed by atoms with van der Waals surface area (Å²) in [6, 6.07) is 8.58. The Hall–Kier alpha value is -2.03. The van der Waals surface area contributed by atoms with Gasteiger partial charge < -0.3 is 4.98 Å². The predicted octanol–water partition coefficient (Wildman–Crippen LogP) is 3.10. The Labute approximate surface area is 124 Å². The highest BCUT2D eigenvalue weighted by atomic mass is 35.5. The van der Waals surface area contributed by atoms with Crippen molar-refractivity contribution >= 4 is 29.6 Å². The summed E-state index contributed by atoms with van der Waals surface area (Å²) in [6.45, 7) is 0. The number of hydrogen-bond acceptors (Lipinski definition) is 4. The lowest BCUT2D eigenvalue weighted by Gasteiger charge is -2.10. The molecule has 0 spiro atoms. The second-order valence-corrected chi connectivity index (χ2v) is 5.14. The van der Waals surface area contributed by atoms with Crippen LogP contribution in [0.5, 0.6) is 0 Å². The highest BCUT2D eigenvalue weighted by Gasteiger charge is 2.17. The molecule has 0 unspecified atom stereocenters. The molecule has 20 heavy (non-hydrogen) atoms. The van der Waals surface area contributed by atoms with E-state index >= 15 is 0 Å². The maximum atomic E-state index is 11.9. The molecule has 0 aliphatic heterocycles. The minimum absolute atomic E-state index is 0.0442. The van der Waals surface area contributed by atoms with Crippen LogP contribution in [-0.2, 0) is 0 Å². The molecule has 1 N–H and O–H groups in total. The van der Waals surface area contributed by atoms with Gasteiger partial charge in [0.1, 0.15) is 11.6 Å². The number of nitrogens with one attached hydrogen (secondary N) is 1. The summed E-state index contributed by atoms with van der Waals surface area (Å²) >= 11 is 7.02. The molecule has 2 rings (SSSR count). The van der Waals surface area contributed by atoms with Crippen molar-refractivity contribution in [1.82, 2.24) is 4.98 Å². The molecule has 0 aliphatic rings. The van der Waals surface area contributed by atoms with Gasteiger partial charge in [-0.3, -0.25) is 9.59 Å². The molecule has 100 valence electrons. The summed E-state index contributed by atoms with van der Waals surface area (Å²) in [6.07, 6.45) is 2.36. The number of pyridine rings is 1. The lowest BCUT2D eigenvalue weighted by atomic mass is 10.0. The van der Waals surface area contributed by atoms with E-state index in [4.69, 9.17) is 16.9 Å². The molecule has 1 heterocycles. The zero-order valence-electron chi connectivity index (χ0n) is 10.4. The Bertz CT molecular complexity index is 760. The van der Waals surface area contributed by atoms with Crippen LogP contribution in [0.25, 0.3) is 11.3 Å². The van der Waals surface area contributed by atoms with E-state index in [-0.39, 0.29) is 5.56 Å². The SMILES string of the molecule is CSc1c(C=O)c(-c2ccc(Cl)cc2)[nH]c(=O)c1C#N. The minimum atomic E-state index is -0.507. The highest BCUT2D eigenvalue weighted by molar-refractivity contribution is 7.98. The average Bonchev–Trinajstić information content (AvgIpc) is 2.46. The number of nitriles is 1. The third kappa shape index (κ3) is 2.48. The molecule has 0 amide bonds. The third-order valence-electron chi connectivity index (χ3n) is 2.77. The van der Waals surface area contributed by atoms with Gasteiger partial charge in [0.2, 0.25) is 0 Å². The Morgan fingerprint density at radius 2 is 2.00 bits per heavy atom. The molecule has 1 aromatic heterocycles. The van der Waals surface area contributed by atoms with Gasteiger partial charge in [0.05, 0.1) is 11.3 Å². The van der Waals surface area contributed by atoms with Crippen molar-refractivity contribution in [1.29, 1.82) is 5.26 Å². The van der Waals surface area contributed by atoms with Crippen LogP contribution in [0.4, 0.5) is 0 Å². The highest BCUT2D eigenvalue weighted by Crippen LogP contribution is 2.29. The summed E-state index contributed by atoms with van der Waals surface area (Å²) in [5, 5.41) is 9.59. The number of hydrogen-bond donors (Lipinski definition) is 1. The van der Waals surface area contributed by atoms with Gasteiger partial charge in [-0.1, -0.05) is 23.7 Å². The van der Waals surface area contributed by atoms with Crippen molar-refractivity contribution in [3.8, 4) is 17.3 Å². The zero-order chi connectivity index (χ0) is 14.7. The molecule has 0 saturated heterocycles. The van der Waals surface area contributed by atoms with Gasteiger partial charge in [0.25, 0.3) is 5.56 Å². The van der Waals surface area contributed by atoms with Gasteiger partial charge in [-0.05, 0) is 24.0 Å². The van der Waals surface area contributed by atoms with Crippen molar-refractivity contribution < 1.29 is 4.79 Å². The number of carbonyl (C=O) groups excluding carboxylic acids is 1. The second kappa shape index (κ2) is 5.95. The molecule has 0 saturated carbocycles. The van der Waals surface area contributed by atoms with Gasteiger partial charge in [0.15, 0.2) is 6.29 Å². The summed E-state index contributed by atoms with van der Waals surface area (Å²) in [7, 11) is 0. The van der Waals surface area contributed by atoms with Crippen LogP contribution in [0.15, 0.2) is 34.0 Å². The molecule has 0 radical (unpaired) electrons. The maximum absolute atomic E-state index is 11.9. The average molecular weight is 305 g/mol. The van der Waals surface area contributed by atoms with Crippen LogP contribution in [-0.4, -0.2) is 17.5 Å². The molecule has 0 bridgehead atoms. The molecule has 1 aromatic carbocycles. The normalized spacial score (nSPS) is 10.1. The number of benzene rings is 1. The smallest absolute Gasteiger partial charge is 0.267 e. The van der Waals surface area contributed by atoms with Crippen molar-refractivity contribution in [2.75, 3.05) is 6.26 Å². The number of rotatable bonds is 3. The lowest BCUT2D eigenvalue weighted by molar-refractivity contribution is 0.112. The number of halogens is 1. The van der Waals surface area contributed by atoms with E-state index in [9.17, 15) is 9.59 Å². The van der Waals surface area contributed by atoms with E-state index in [1.165, 1.54) is 11.8 Å². The lowest BCUT2D eigenvalue weighted by Crippen LogP contribution is -2.15. The number of nitrogens with zero attached hydrogens (tertiary/aromatic N) is 1. The monoisotopic (exact) mass is 304 g/mol. The quantitative estimate of drug-likeness (QED) is 0.698. The molecular formula is C14H9ClN2O2S. The fourth-order valence-corrected chi connectivity index (χ4v) is 2.70. The predicted molar refractivity (Wildman–Crippen MR) is 79.4 cm³/mol. The van der Waals surface area contributed by atoms with Gasteiger partial charge in [-0.15, -0.1) is 11.8 Å². The molecule has 6 heteroatoms. The number of H-pyrrole nitrogens is 1. The maximum Gasteiger partial charge on any atom is 0.267 e. The first kappa shape index (κ1) is 14.4. The van der Waals surface area contributed by atoms with Crippen LogP contribution in [0, 0.1) is 11.3 Å². The molecule has 0 atom stereocenters. The van der Waals surface area contributed by atoms with Crippen LogP contribution in [0.2, 0.25) is 5.02 Å². The van der Waals surface area contributed by atoms with Crippen molar-refractivity contribution in [3.63, 3.8) is 0 Å². The van der Waals surface area contributed by atoms with Crippen LogP contribution in [0.1, 0.15) is 15.9 Å². The first-order valence-electron chi connectivity index (χ1n) is 5.57. The van der Waals surface area contributed by atoms with E-state index < -0.39 is 5.56 Å². The van der Waals surface area contributed by atoms with Crippen LogP contribution >= 0.6 is 23.4 Å². The van der Waals surface area contributed by atoms with E-state index in [0.29, 0.717) is 33.0 Å². The number of aromatic amines is 1. The second-order valence-electron chi connectivity index (χ2n) is 3.89. The molecular weight excluding hydrogens is 296 g/mol. The fourth-order valence-electron chi connectivity index (χ4n) is 1.86. The minimum Gasteiger partial charge on any atom is -0.320 e. The van der Waals surface area contributed by atoms with Gasteiger partial charge in [-0.2, -0.15) is 5.26 Å². The summed E-state index contributed by atoms with van der Waals surface area (Å²) in [5.41, 5.74) is 0.805. The van der Waals surface area contributed by atoms with Gasteiger partial charge >= 0.3 is 0 Å². The number of aldehydes is 1. The van der Waals surface area contributed by atoms with E-state index in [2.05, 4.69) is 4.98 Å². The standard InChI is InChI=1S/C14H9ClN2O2S/c1-20-13-10(6-16)14(19)17-12(11(13)7-18)8-2-4-9(15)5-3-8/h2-5,7H,1H3,(H,17,19). The number of thioether (sulfide) groups is 1. The molecule has 0 fully saturated rings. The summed E-state index contributed by atoms with van der Waals surface area (Å²) in [5.74, 6) is 0. The van der Waals surface area contributed by atoms with E-state index in [1.54, 1.807) is 30.5 Å². The Morgan fingerprint density at radius 1 is 1.35 bits per heavy atom. The van der Waals surface area contributed by atoms with Crippen molar-refractivity contribution in [2.45, 2.75) is 4.90 Å². The topological polar surface area (TPSA) is 73.7 Å². The third-order valence-corrected chi connectivity index (χ3v) is 3.86. The Kier molecular flexibility index (Phi) is 4.28. The van der Waals surface area contributed by atoms with Crippen LogP contribution in [0.3, 0.4) is 0 Å². The first-order chi connectivity index (χ1) is 9.62. The Morgan fingerprint density at radius 3 is 2.50 bits per heavy atom. The summed E-state index contributed by atoms with van der Waals surface area (Å²) in [4.78, 5) is 26.3. The van der Waals surface area contributed by atoms with Crippen molar-refractivity contribution in [2.24, 2.45) is 0 Å². The van der Waals surface area contributed by atoms with E-state index in [0.717, 1.165) is 0 Å². The molecule has 0 aliphatic carbocycles. The number of aromatic nitrogens is 1. The zero-order valence-corrected chi connectivity index (χ0v) is 12.0.